The number of nitrogens with one attached hydrogen (secondary N) is 2. The van der Waals surface area contributed by atoms with Crippen molar-refractivity contribution in [3.8, 4) is 11.5 Å². The maximum absolute atomic E-state index is 11.5. The first-order valence-corrected chi connectivity index (χ1v) is 7.30. The Hall–Kier alpha value is -2.25. The third kappa shape index (κ3) is 6.64. The van der Waals surface area contributed by atoms with E-state index < -0.39 is 6.03 Å². The van der Waals surface area contributed by atoms with Gasteiger partial charge in [0.25, 0.3) is 0 Å². The quantitative estimate of drug-likeness (QED) is 0.340. The standard InChI is InChI=1S/C15H12Cl2N4O3.Cu/c16-11-3-1-9(13(22)5-11)7-18-20-15(24)21-19-8-10-2-4-12(17)6-14(10)23;/h1-8,22-23H,(H2,20,21,24);/b18-7+,19-8+;. The van der Waals surface area contributed by atoms with E-state index in [-0.39, 0.29) is 28.6 Å². The fourth-order valence-electron chi connectivity index (χ4n) is 1.60. The number of aromatic hydroxyl groups is 2. The molecule has 0 saturated carbocycles. The summed E-state index contributed by atoms with van der Waals surface area (Å²) in [7, 11) is 0. The predicted octanol–water partition coefficient (Wildman–Crippen LogP) is 3.07. The van der Waals surface area contributed by atoms with E-state index >= 15 is 0 Å². The molecule has 2 aromatic carbocycles. The van der Waals surface area contributed by atoms with Gasteiger partial charge in [-0.05, 0) is 36.4 Å². The molecule has 0 aromatic heterocycles. The molecule has 135 valence electrons. The van der Waals surface area contributed by atoms with Gasteiger partial charge in [-0.25, -0.2) is 15.6 Å². The minimum atomic E-state index is -0.704. The van der Waals surface area contributed by atoms with Crippen LogP contribution in [-0.4, -0.2) is 28.7 Å². The number of rotatable bonds is 4. The normalized spacial score (nSPS) is 10.6. The zero-order valence-electron chi connectivity index (χ0n) is 12.4. The minimum Gasteiger partial charge on any atom is -0.507 e. The average molecular weight is 431 g/mol. The molecule has 2 rings (SSSR count). The van der Waals surface area contributed by atoms with Crippen molar-refractivity contribution in [2.24, 2.45) is 10.2 Å². The number of benzene rings is 2. The molecule has 0 spiro atoms. The first kappa shape index (κ1) is 20.8. The topological polar surface area (TPSA) is 106 Å². The van der Waals surface area contributed by atoms with E-state index in [1.54, 1.807) is 24.3 Å². The number of phenols is 2. The van der Waals surface area contributed by atoms with Gasteiger partial charge in [0.2, 0.25) is 0 Å². The van der Waals surface area contributed by atoms with E-state index in [2.05, 4.69) is 21.1 Å². The molecule has 4 N–H and O–H groups in total. The maximum Gasteiger partial charge on any atom is 0.355 e. The van der Waals surface area contributed by atoms with Gasteiger partial charge >= 0.3 is 6.03 Å². The van der Waals surface area contributed by atoms with Crippen molar-refractivity contribution in [2.45, 2.75) is 0 Å². The van der Waals surface area contributed by atoms with Gasteiger partial charge < -0.3 is 10.2 Å². The number of urea groups is 1. The van der Waals surface area contributed by atoms with Crippen LogP contribution in [0.1, 0.15) is 11.1 Å². The monoisotopic (exact) mass is 429 g/mol. The van der Waals surface area contributed by atoms with Crippen molar-refractivity contribution in [2.75, 3.05) is 0 Å². The van der Waals surface area contributed by atoms with E-state index in [0.29, 0.717) is 21.2 Å². The van der Waals surface area contributed by atoms with Crippen molar-refractivity contribution in [3.05, 3.63) is 57.6 Å². The summed E-state index contributed by atoms with van der Waals surface area (Å²) < 4.78 is 0. The molecule has 25 heavy (non-hydrogen) atoms. The summed E-state index contributed by atoms with van der Waals surface area (Å²) in [6.07, 6.45) is 2.50. The van der Waals surface area contributed by atoms with Crippen molar-refractivity contribution in [3.63, 3.8) is 0 Å². The van der Waals surface area contributed by atoms with E-state index in [1.807, 2.05) is 0 Å². The third-order valence-electron chi connectivity index (χ3n) is 2.72. The zero-order chi connectivity index (χ0) is 17.5. The van der Waals surface area contributed by atoms with E-state index in [9.17, 15) is 15.0 Å². The molecule has 0 saturated heterocycles. The van der Waals surface area contributed by atoms with Crippen LogP contribution in [0.5, 0.6) is 11.5 Å². The summed E-state index contributed by atoms with van der Waals surface area (Å²) in [6, 6.07) is 8.24. The number of phenolic OH excluding ortho intramolecular Hbond substituents is 2. The van der Waals surface area contributed by atoms with Crippen molar-refractivity contribution in [1.82, 2.24) is 10.9 Å². The molecule has 10 heteroatoms. The van der Waals surface area contributed by atoms with Crippen molar-refractivity contribution >= 4 is 41.7 Å². The summed E-state index contributed by atoms with van der Waals surface area (Å²) in [5.74, 6) is -0.130. The van der Waals surface area contributed by atoms with Gasteiger partial charge in [-0.15, -0.1) is 0 Å². The van der Waals surface area contributed by atoms with E-state index in [0.717, 1.165) is 0 Å². The van der Waals surface area contributed by atoms with Gasteiger partial charge in [-0.1, -0.05) is 23.2 Å². The summed E-state index contributed by atoms with van der Waals surface area (Å²) in [6.45, 7) is 0. The number of amides is 2. The molecule has 7 nitrogen and oxygen atoms in total. The molecule has 2 aromatic rings. The largest absolute Gasteiger partial charge is 0.507 e. The van der Waals surface area contributed by atoms with Crippen LogP contribution in [0.2, 0.25) is 10.0 Å². The van der Waals surface area contributed by atoms with Crippen LogP contribution in [0, 0.1) is 0 Å². The second-order valence-corrected chi connectivity index (χ2v) is 5.35. The molecule has 2 amide bonds. The summed E-state index contributed by atoms with van der Waals surface area (Å²) >= 11 is 11.4. The summed E-state index contributed by atoms with van der Waals surface area (Å²) in [4.78, 5) is 11.5. The molecule has 0 fully saturated rings. The van der Waals surface area contributed by atoms with E-state index in [1.165, 1.54) is 24.6 Å². The van der Waals surface area contributed by atoms with Gasteiger partial charge in [-0.3, -0.25) is 0 Å². The van der Waals surface area contributed by atoms with Gasteiger partial charge in [0.15, 0.2) is 0 Å². The number of nitrogens with zero attached hydrogens (tertiary/aromatic N) is 2. The second kappa shape index (κ2) is 9.90. The second-order valence-electron chi connectivity index (χ2n) is 4.48. The Labute approximate surface area is 163 Å². The number of carbonyl (C=O) groups excluding carboxylic acids is 1. The van der Waals surface area contributed by atoms with Crippen LogP contribution in [0.15, 0.2) is 46.6 Å². The first-order valence-electron chi connectivity index (χ1n) is 6.55. The van der Waals surface area contributed by atoms with Crippen LogP contribution in [0.4, 0.5) is 4.79 Å². The molecule has 0 aliphatic heterocycles. The summed E-state index contributed by atoms with van der Waals surface area (Å²) in [5.41, 5.74) is 5.09. The van der Waals surface area contributed by atoms with Crippen LogP contribution in [0.3, 0.4) is 0 Å². The summed E-state index contributed by atoms with van der Waals surface area (Å²) in [5, 5.41) is 27.3. The Balaban J connectivity index is 0.00000312. The number of hydrogen-bond donors (Lipinski definition) is 4. The number of hydrazone groups is 2. The number of hydrogen-bond acceptors (Lipinski definition) is 5. The fourth-order valence-corrected chi connectivity index (χ4v) is 1.93. The average Bonchev–Trinajstić information content (AvgIpc) is 2.51. The minimum absolute atomic E-state index is 0. The molecule has 0 aliphatic carbocycles. The SMILES string of the molecule is O=C(N/N=C/c1ccc(Cl)cc1O)N/N=C/c1ccc(Cl)cc1O.[Cu]. The molecule has 0 unspecified atom stereocenters. The van der Waals surface area contributed by atoms with Gasteiger partial charge in [0, 0.05) is 38.2 Å². The fraction of sp³-hybridized carbons (Fsp3) is 0. The molecular formula is C15H12Cl2CuN4O3. The van der Waals surface area contributed by atoms with Gasteiger partial charge in [0.1, 0.15) is 11.5 Å². The van der Waals surface area contributed by atoms with Crippen LogP contribution in [-0.2, 0) is 17.1 Å². The van der Waals surface area contributed by atoms with Gasteiger partial charge in [0.05, 0.1) is 12.4 Å². The third-order valence-corrected chi connectivity index (χ3v) is 3.19. The number of halogens is 2. The first-order chi connectivity index (χ1) is 11.5. The Morgan fingerprint density at radius 3 is 1.64 bits per heavy atom. The molecule has 0 bridgehead atoms. The molecule has 1 radical (unpaired) electrons. The maximum atomic E-state index is 11.5. The molecule has 0 atom stereocenters. The molecule has 0 aliphatic rings. The van der Waals surface area contributed by atoms with Crippen LogP contribution < -0.4 is 10.9 Å². The Morgan fingerprint density at radius 1 is 0.880 bits per heavy atom. The molecule has 0 heterocycles. The predicted molar refractivity (Wildman–Crippen MR) is 93.1 cm³/mol. The van der Waals surface area contributed by atoms with Crippen molar-refractivity contribution < 1.29 is 32.1 Å². The smallest absolute Gasteiger partial charge is 0.355 e. The van der Waals surface area contributed by atoms with Crippen molar-refractivity contribution in [1.29, 1.82) is 0 Å². The van der Waals surface area contributed by atoms with Gasteiger partial charge in [-0.2, -0.15) is 10.2 Å². The zero-order valence-corrected chi connectivity index (χ0v) is 14.8. The van der Waals surface area contributed by atoms with E-state index in [4.69, 9.17) is 23.2 Å². The van der Waals surface area contributed by atoms with Crippen LogP contribution >= 0.6 is 23.2 Å². The Morgan fingerprint density at radius 2 is 1.28 bits per heavy atom. The molecular weight excluding hydrogens is 419 g/mol. The number of carbonyl (C=O) groups is 1. The van der Waals surface area contributed by atoms with Crippen LogP contribution in [0.25, 0.3) is 0 Å². The Bertz CT molecular complexity index is 750. The Kier molecular flexibility index (Phi) is 8.24.